The second kappa shape index (κ2) is 5.37. The Morgan fingerprint density at radius 1 is 1.30 bits per heavy atom. The summed E-state index contributed by atoms with van der Waals surface area (Å²) < 4.78 is 1.97. The summed E-state index contributed by atoms with van der Waals surface area (Å²) in [4.78, 5) is 17.4. The smallest absolute Gasteiger partial charge is 0.267 e. The Morgan fingerprint density at radius 3 is 2.90 bits per heavy atom. The average Bonchev–Trinajstić information content (AvgIpc) is 2.76. The molecular formula is C12H7Cl2N3OS2. The van der Waals surface area contributed by atoms with Gasteiger partial charge in [0.15, 0.2) is 4.34 Å². The molecule has 102 valence electrons. The molecule has 0 aliphatic carbocycles. The van der Waals surface area contributed by atoms with Crippen LogP contribution in [0, 0.1) is 6.92 Å². The highest BCUT2D eigenvalue weighted by molar-refractivity contribution is 8.01. The van der Waals surface area contributed by atoms with E-state index in [-0.39, 0.29) is 5.56 Å². The second-order valence-corrected chi connectivity index (χ2v) is 7.06. The third-order valence-corrected chi connectivity index (χ3v) is 5.14. The molecular weight excluding hydrogens is 337 g/mol. The third kappa shape index (κ3) is 2.69. The normalized spacial score (nSPS) is 11.2. The van der Waals surface area contributed by atoms with Crippen molar-refractivity contribution < 1.29 is 0 Å². The first-order valence-electron chi connectivity index (χ1n) is 5.53. The van der Waals surface area contributed by atoms with E-state index in [1.807, 2.05) is 0 Å². The van der Waals surface area contributed by atoms with Crippen molar-refractivity contribution in [3.05, 3.63) is 50.4 Å². The van der Waals surface area contributed by atoms with Gasteiger partial charge in [-0.05, 0) is 25.1 Å². The van der Waals surface area contributed by atoms with E-state index in [0.29, 0.717) is 25.0 Å². The average molecular weight is 344 g/mol. The van der Waals surface area contributed by atoms with E-state index < -0.39 is 0 Å². The van der Waals surface area contributed by atoms with Gasteiger partial charge in [0.25, 0.3) is 5.56 Å². The summed E-state index contributed by atoms with van der Waals surface area (Å²) in [6.45, 7) is 1.78. The molecule has 0 aliphatic heterocycles. The summed E-state index contributed by atoms with van der Waals surface area (Å²) in [6, 6.07) is 6.67. The van der Waals surface area contributed by atoms with Gasteiger partial charge in [-0.3, -0.25) is 4.79 Å². The topological polar surface area (TPSA) is 47.3 Å². The van der Waals surface area contributed by atoms with Gasteiger partial charge in [-0.25, -0.2) is 4.98 Å². The maximum absolute atomic E-state index is 11.8. The maximum atomic E-state index is 11.8. The van der Waals surface area contributed by atoms with Crippen LogP contribution in [0.3, 0.4) is 0 Å². The minimum absolute atomic E-state index is 0.187. The predicted molar refractivity (Wildman–Crippen MR) is 82.5 cm³/mol. The predicted octanol–water partition coefficient (Wildman–Crippen LogP) is 3.92. The SMILES string of the molecule is Cc1cc(=O)n2nc(Sc3cc(Cl)ccc3Cl)sc2n1. The zero-order chi connectivity index (χ0) is 14.3. The number of nitrogens with zero attached hydrogens (tertiary/aromatic N) is 3. The van der Waals surface area contributed by atoms with E-state index >= 15 is 0 Å². The highest BCUT2D eigenvalue weighted by Gasteiger charge is 2.11. The van der Waals surface area contributed by atoms with E-state index in [1.165, 1.54) is 33.7 Å². The summed E-state index contributed by atoms with van der Waals surface area (Å²) in [6.07, 6.45) is 0. The van der Waals surface area contributed by atoms with Crippen LogP contribution in [0.25, 0.3) is 4.96 Å². The molecule has 0 amide bonds. The molecule has 8 heteroatoms. The number of aromatic nitrogens is 3. The lowest BCUT2D eigenvalue weighted by molar-refractivity contribution is 0.851. The fourth-order valence-electron chi connectivity index (χ4n) is 1.59. The molecule has 0 saturated heterocycles. The molecule has 3 rings (SSSR count). The molecule has 20 heavy (non-hydrogen) atoms. The largest absolute Gasteiger partial charge is 0.275 e. The Balaban J connectivity index is 2.05. The fraction of sp³-hybridized carbons (Fsp3) is 0.0833. The first-order chi connectivity index (χ1) is 9.52. The van der Waals surface area contributed by atoms with E-state index in [1.54, 1.807) is 25.1 Å². The molecule has 0 radical (unpaired) electrons. The van der Waals surface area contributed by atoms with Crippen LogP contribution in [-0.4, -0.2) is 14.6 Å². The van der Waals surface area contributed by atoms with Gasteiger partial charge in [-0.1, -0.05) is 46.3 Å². The van der Waals surface area contributed by atoms with Gasteiger partial charge in [0.1, 0.15) is 0 Å². The summed E-state index contributed by atoms with van der Waals surface area (Å²) in [7, 11) is 0. The summed E-state index contributed by atoms with van der Waals surface area (Å²) in [5.74, 6) is 0. The van der Waals surface area contributed by atoms with Gasteiger partial charge in [-0.2, -0.15) is 4.52 Å². The van der Waals surface area contributed by atoms with Crippen LogP contribution in [0.2, 0.25) is 10.0 Å². The van der Waals surface area contributed by atoms with Crippen molar-refractivity contribution in [1.29, 1.82) is 0 Å². The number of benzene rings is 1. The van der Waals surface area contributed by atoms with Crippen molar-refractivity contribution in [2.45, 2.75) is 16.2 Å². The molecule has 0 atom stereocenters. The van der Waals surface area contributed by atoms with Crippen LogP contribution in [-0.2, 0) is 0 Å². The van der Waals surface area contributed by atoms with Crippen molar-refractivity contribution in [1.82, 2.24) is 14.6 Å². The molecule has 1 aromatic carbocycles. The Bertz CT molecular complexity index is 860. The fourth-order valence-corrected chi connectivity index (χ4v) is 4.07. The van der Waals surface area contributed by atoms with Gasteiger partial charge < -0.3 is 0 Å². The molecule has 2 aromatic heterocycles. The lowest BCUT2D eigenvalue weighted by atomic mass is 10.4. The van der Waals surface area contributed by atoms with Crippen LogP contribution in [0.15, 0.2) is 38.3 Å². The Labute approximate surface area is 132 Å². The molecule has 0 spiro atoms. The van der Waals surface area contributed by atoms with E-state index in [0.717, 1.165) is 4.90 Å². The molecule has 0 N–H and O–H groups in total. The Kier molecular flexibility index (Phi) is 3.72. The van der Waals surface area contributed by atoms with Crippen molar-refractivity contribution >= 4 is 51.3 Å². The highest BCUT2D eigenvalue weighted by atomic mass is 35.5. The Morgan fingerprint density at radius 2 is 2.10 bits per heavy atom. The lowest BCUT2D eigenvalue weighted by Crippen LogP contribution is -2.14. The first kappa shape index (κ1) is 13.9. The molecule has 0 unspecified atom stereocenters. The van der Waals surface area contributed by atoms with Crippen LogP contribution < -0.4 is 5.56 Å². The van der Waals surface area contributed by atoms with Crippen molar-refractivity contribution in [2.75, 3.05) is 0 Å². The second-order valence-electron chi connectivity index (χ2n) is 3.97. The van der Waals surface area contributed by atoms with Crippen LogP contribution in [0.1, 0.15) is 5.69 Å². The van der Waals surface area contributed by atoms with Crippen molar-refractivity contribution in [3.63, 3.8) is 0 Å². The molecule has 0 fully saturated rings. The maximum Gasteiger partial charge on any atom is 0.275 e. The zero-order valence-corrected chi connectivity index (χ0v) is 13.3. The van der Waals surface area contributed by atoms with Gasteiger partial charge in [0.05, 0.1) is 5.02 Å². The van der Waals surface area contributed by atoms with Gasteiger partial charge >= 0.3 is 0 Å². The minimum atomic E-state index is -0.187. The monoisotopic (exact) mass is 343 g/mol. The molecule has 3 aromatic rings. The molecule has 2 heterocycles. The number of halogens is 2. The number of fused-ring (bicyclic) bond motifs is 1. The standard InChI is InChI=1S/C12H7Cl2N3OS2/c1-6-4-10(18)17-11(15-6)20-12(16-17)19-9-5-7(13)2-3-8(9)14/h2-5H,1H3. The summed E-state index contributed by atoms with van der Waals surface area (Å²) in [5.41, 5.74) is 0.490. The van der Waals surface area contributed by atoms with Crippen LogP contribution in [0.5, 0.6) is 0 Å². The van der Waals surface area contributed by atoms with Crippen LogP contribution >= 0.6 is 46.3 Å². The molecule has 0 bridgehead atoms. The van der Waals surface area contributed by atoms with E-state index in [9.17, 15) is 4.79 Å². The third-order valence-electron chi connectivity index (χ3n) is 2.45. The number of rotatable bonds is 2. The highest BCUT2D eigenvalue weighted by Crippen LogP contribution is 2.36. The van der Waals surface area contributed by atoms with Crippen molar-refractivity contribution in [3.8, 4) is 0 Å². The lowest BCUT2D eigenvalue weighted by Gasteiger charge is -2.00. The number of aryl methyl sites for hydroxylation is 1. The van der Waals surface area contributed by atoms with Gasteiger partial charge in [0, 0.05) is 21.7 Å². The molecule has 0 saturated carbocycles. The summed E-state index contributed by atoms with van der Waals surface area (Å²) in [5, 5.41) is 5.43. The van der Waals surface area contributed by atoms with Gasteiger partial charge in [-0.15, -0.1) is 5.10 Å². The zero-order valence-electron chi connectivity index (χ0n) is 10.1. The van der Waals surface area contributed by atoms with E-state index in [4.69, 9.17) is 23.2 Å². The summed E-state index contributed by atoms with van der Waals surface area (Å²) >= 11 is 14.8. The number of hydrogen-bond acceptors (Lipinski definition) is 5. The van der Waals surface area contributed by atoms with Gasteiger partial charge in [0.2, 0.25) is 4.96 Å². The number of hydrogen-bond donors (Lipinski definition) is 0. The van der Waals surface area contributed by atoms with Crippen molar-refractivity contribution in [2.24, 2.45) is 0 Å². The molecule has 0 aliphatic rings. The van der Waals surface area contributed by atoms with E-state index in [2.05, 4.69) is 10.1 Å². The molecule has 4 nitrogen and oxygen atoms in total. The quantitative estimate of drug-likeness (QED) is 0.707. The van der Waals surface area contributed by atoms with Crippen LogP contribution in [0.4, 0.5) is 0 Å². The first-order valence-corrected chi connectivity index (χ1v) is 7.92. The minimum Gasteiger partial charge on any atom is -0.267 e. The Hall–Kier alpha value is -1.08.